The second kappa shape index (κ2) is 7.09. The number of rotatable bonds is 3. The summed E-state index contributed by atoms with van der Waals surface area (Å²) in [7, 11) is 1.56. The highest BCUT2D eigenvalue weighted by Gasteiger charge is 2.09. The zero-order valence-electron chi connectivity index (χ0n) is 11.0. The van der Waals surface area contributed by atoms with E-state index in [1.165, 1.54) is 11.3 Å². The lowest BCUT2D eigenvalue weighted by Crippen LogP contribution is -2.43. The maximum atomic E-state index is 11.7. The molecule has 0 bridgehead atoms. The molecule has 0 unspecified atom stereocenters. The first-order valence-electron chi connectivity index (χ1n) is 5.85. The summed E-state index contributed by atoms with van der Waals surface area (Å²) in [5.41, 5.74) is 5.18. The summed E-state index contributed by atoms with van der Waals surface area (Å²) in [5.74, 6) is 0.313. The molecule has 1 heterocycles. The molecule has 0 atom stereocenters. The number of nitrogens with one attached hydrogen (secondary N) is 3. The number of hydrazine groups is 1. The number of carbonyl (C=O) groups is 2. The number of hydrogen-bond acceptors (Lipinski definition) is 4. The predicted molar refractivity (Wildman–Crippen MR) is 84.6 cm³/mol. The molecule has 0 spiro atoms. The summed E-state index contributed by atoms with van der Waals surface area (Å²) in [6, 6.07) is 9.70. The van der Waals surface area contributed by atoms with E-state index in [1.54, 1.807) is 43.5 Å². The molecule has 1 aromatic carbocycles. The number of ether oxygens (including phenoxy) is 1. The van der Waals surface area contributed by atoms with Crippen LogP contribution in [0.1, 0.15) is 9.67 Å². The predicted octanol–water partition coefficient (Wildman–Crippen LogP) is 2.99. The highest BCUT2D eigenvalue weighted by Crippen LogP contribution is 2.21. The van der Waals surface area contributed by atoms with Gasteiger partial charge < -0.3 is 10.1 Å². The molecule has 0 aliphatic rings. The Morgan fingerprint density at radius 2 is 1.81 bits per heavy atom. The third-order valence-corrected chi connectivity index (χ3v) is 4.06. The molecular formula is C13H12BrN3O3S. The van der Waals surface area contributed by atoms with Crippen LogP contribution >= 0.6 is 27.3 Å². The zero-order chi connectivity index (χ0) is 15.2. The maximum absolute atomic E-state index is 11.7. The van der Waals surface area contributed by atoms with Crippen LogP contribution in [0.25, 0.3) is 0 Å². The Balaban J connectivity index is 1.82. The Morgan fingerprint density at radius 3 is 2.38 bits per heavy atom. The largest absolute Gasteiger partial charge is 0.497 e. The molecule has 3 N–H and O–H groups in total. The lowest BCUT2D eigenvalue weighted by molar-refractivity contribution is 0.0942. The minimum absolute atomic E-state index is 0.379. The Kier molecular flexibility index (Phi) is 5.18. The molecule has 0 saturated carbocycles. The van der Waals surface area contributed by atoms with Crippen LogP contribution in [0.3, 0.4) is 0 Å². The summed E-state index contributed by atoms with van der Waals surface area (Å²) in [4.78, 5) is 23.8. The number of carbonyl (C=O) groups excluding carboxylic acids is 2. The number of anilines is 1. The average molecular weight is 370 g/mol. The van der Waals surface area contributed by atoms with Gasteiger partial charge in [0.2, 0.25) is 0 Å². The van der Waals surface area contributed by atoms with Gasteiger partial charge in [0.1, 0.15) is 5.75 Å². The standard InChI is InChI=1S/C13H12BrN3O3S/c1-20-9-4-2-8(3-5-9)15-13(19)17-16-12(18)10-6-7-11(14)21-10/h2-7H,1H3,(H,16,18)(H2,15,17,19). The molecule has 0 aliphatic heterocycles. The molecule has 0 aliphatic carbocycles. The minimum atomic E-state index is -0.538. The SMILES string of the molecule is COc1ccc(NC(=O)NNC(=O)c2ccc(Br)s2)cc1. The van der Waals surface area contributed by atoms with Gasteiger partial charge in [-0.3, -0.25) is 10.2 Å². The molecule has 8 heteroatoms. The van der Waals surface area contributed by atoms with Crippen molar-refractivity contribution in [3.8, 4) is 5.75 Å². The summed E-state index contributed by atoms with van der Waals surface area (Å²) in [6.45, 7) is 0. The van der Waals surface area contributed by atoms with Crippen molar-refractivity contribution in [3.63, 3.8) is 0 Å². The quantitative estimate of drug-likeness (QED) is 0.727. The number of thiophene rings is 1. The van der Waals surface area contributed by atoms with E-state index in [4.69, 9.17) is 4.74 Å². The number of urea groups is 1. The second-order valence-corrected chi connectivity index (χ2v) is 6.33. The van der Waals surface area contributed by atoms with Crippen molar-refractivity contribution in [1.29, 1.82) is 0 Å². The normalized spacial score (nSPS) is 9.81. The molecule has 2 aromatic rings. The van der Waals surface area contributed by atoms with Crippen molar-refractivity contribution in [2.24, 2.45) is 0 Å². The van der Waals surface area contributed by atoms with Crippen molar-refractivity contribution >= 4 is 44.9 Å². The van der Waals surface area contributed by atoms with E-state index in [9.17, 15) is 9.59 Å². The van der Waals surface area contributed by atoms with Crippen molar-refractivity contribution in [2.45, 2.75) is 0 Å². The molecule has 0 radical (unpaired) electrons. The van der Waals surface area contributed by atoms with Gasteiger partial charge in [0.15, 0.2) is 0 Å². The minimum Gasteiger partial charge on any atom is -0.497 e. The van der Waals surface area contributed by atoms with Crippen molar-refractivity contribution < 1.29 is 14.3 Å². The van der Waals surface area contributed by atoms with Crippen molar-refractivity contribution in [1.82, 2.24) is 10.9 Å². The fourth-order valence-electron chi connectivity index (χ4n) is 1.45. The highest BCUT2D eigenvalue weighted by molar-refractivity contribution is 9.11. The molecule has 6 nitrogen and oxygen atoms in total. The molecule has 3 amide bonds. The van der Waals surface area contributed by atoms with E-state index in [-0.39, 0.29) is 5.91 Å². The maximum Gasteiger partial charge on any atom is 0.337 e. The van der Waals surface area contributed by atoms with Gasteiger partial charge >= 0.3 is 6.03 Å². The molecule has 0 saturated heterocycles. The Morgan fingerprint density at radius 1 is 1.10 bits per heavy atom. The van der Waals surface area contributed by atoms with E-state index in [0.717, 1.165) is 3.79 Å². The Bertz CT molecular complexity index is 642. The van der Waals surface area contributed by atoms with Gasteiger partial charge in [0, 0.05) is 5.69 Å². The van der Waals surface area contributed by atoms with Crippen molar-refractivity contribution in [2.75, 3.05) is 12.4 Å². The fraction of sp³-hybridized carbons (Fsp3) is 0.0769. The molecule has 1 aromatic heterocycles. The first-order valence-corrected chi connectivity index (χ1v) is 7.46. The van der Waals surface area contributed by atoms with Crippen LogP contribution < -0.4 is 20.9 Å². The Labute approximate surface area is 133 Å². The van der Waals surface area contributed by atoms with Crippen LogP contribution in [0.15, 0.2) is 40.2 Å². The topological polar surface area (TPSA) is 79.5 Å². The van der Waals surface area contributed by atoms with E-state index in [1.807, 2.05) is 0 Å². The molecule has 110 valence electrons. The van der Waals surface area contributed by atoms with E-state index in [2.05, 4.69) is 32.1 Å². The van der Waals surface area contributed by atoms with Gasteiger partial charge in [0.25, 0.3) is 5.91 Å². The third-order valence-electron chi connectivity index (χ3n) is 2.43. The number of halogens is 1. The molecule has 21 heavy (non-hydrogen) atoms. The summed E-state index contributed by atoms with van der Waals surface area (Å²) >= 11 is 4.54. The number of benzene rings is 1. The van der Waals surface area contributed by atoms with Gasteiger partial charge in [-0.25, -0.2) is 10.2 Å². The van der Waals surface area contributed by atoms with Crippen LogP contribution in [0.5, 0.6) is 5.75 Å². The smallest absolute Gasteiger partial charge is 0.337 e. The van der Waals surface area contributed by atoms with Crippen LogP contribution in [-0.2, 0) is 0 Å². The van der Waals surface area contributed by atoms with Gasteiger partial charge in [-0.1, -0.05) is 0 Å². The second-order valence-electron chi connectivity index (χ2n) is 3.87. The number of amides is 3. The lowest BCUT2D eigenvalue weighted by Gasteiger charge is -2.08. The molecule has 2 rings (SSSR count). The van der Waals surface area contributed by atoms with Crippen LogP contribution in [0.2, 0.25) is 0 Å². The van der Waals surface area contributed by atoms with E-state index < -0.39 is 6.03 Å². The first kappa shape index (κ1) is 15.3. The molecule has 0 fully saturated rings. The van der Waals surface area contributed by atoms with Gasteiger partial charge in [-0.15, -0.1) is 11.3 Å². The summed E-state index contributed by atoms with van der Waals surface area (Å²) in [5, 5.41) is 2.58. The lowest BCUT2D eigenvalue weighted by atomic mass is 10.3. The summed E-state index contributed by atoms with van der Waals surface area (Å²) in [6.07, 6.45) is 0. The highest BCUT2D eigenvalue weighted by atomic mass is 79.9. The summed E-state index contributed by atoms with van der Waals surface area (Å²) < 4.78 is 5.86. The van der Waals surface area contributed by atoms with Gasteiger partial charge in [-0.2, -0.15) is 0 Å². The van der Waals surface area contributed by atoms with Crippen LogP contribution in [0, 0.1) is 0 Å². The fourth-order valence-corrected chi connectivity index (χ4v) is 2.73. The van der Waals surface area contributed by atoms with E-state index >= 15 is 0 Å². The average Bonchev–Trinajstić information content (AvgIpc) is 2.92. The zero-order valence-corrected chi connectivity index (χ0v) is 13.4. The Hall–Kier alpha value is -2.06. The van der Waals surface area contributed by atoms with Crippen LogP contribution in [-0.4, -0.2) is 19.0 Å². The number of methoxy groups -OCH3 is 1. The van der Waals surface area contributed by atoms with Gasteiger partial charge in [0.05, 0.1) is 15.8 Å². The van der Waals surface area contributed by atoms with E-state index in [0.29, 0.717) is 16.3 Å². The molecular weight excluding hydrogens is 358 g/mol. The third kappa shape index (κ3) is 4.47. The van der Waals surface area contributed by atoms with Crippen molar-refractivity contribution in [3.05, 3.63) is 45.1 Å². The van der Waals surface area contributed by atoms with Crippen LogP contribution in [0.4, 0.5) is 10.5 Å². The number of hydrogen-bond donors (Lipinski definition) is 3. The monoisotopic (exact) mass is 369 g/mol. The van der Waals surface area contributed by atoms with Gasteiger partial charge in [-0.05, 0) is 52.3 Å². The first-order chi connectivity index (χ1) is 10.1.